The Labute approximate surface area is 128 Å². The van der Waals surface area contributed by atoms with Crippen LogP contribution in [0, 0.1) is 5.92 Å². The van der Waals surface area contributed by atoms with Crippen molar-refractivity contribution >= 4 is 5.82 Å². The van der Waals surface area contributed by atoms with E-state index in [4.69, 9.17) is 0 Å². The molecule has 5 heteroatoms. The smallest absolute Gasteiger partial charge is 0.129 e. The molecule has 1 aliphatic heterocycles. The Kier molecular flexibility index (Phi) is 5.94. The summed E-state index contributed by atoms with van der Waals surface area (Å²) < 4.78 is 0. The lowest BCUT2D eigenvalue weighted by atomic mass is 10.0. The molecule has 2 rings (SSSR count). The predicted octanol–water partition coefficient (Wildman–Crippen LogP) is 1.72. The predicted molar refractivity (Wildman–Crippen MR) is 87.6 cm³/mol. The van der Waals surface area contributed by atoms with E-state index in [9.17, 15) is 0 Å². The summed E-state index contributed by atoms with van der Waals surface area (Å²) in [4.78, 5) is 13.6. The molecule has 118 valence electrons. The summed E-state index contributed by atoms with van der Waals surface area (Å²) in [5.74, 6) is 1.58. The highest BCUT2D eigenvalue weighted by Crippen LogP contribution is 2.15. The Morgan fingerprint density at radius 3 is 2.52 bits per heavy atom. The second-order valence-electron chi connectivity index (χ2n) is 6.28. The van der Waals surface area contributed by atoms with E-state index in [1.54, 1.807) is 6.33 Å². The van der Waals surface area contributed by atoms with Crippen molar-refractivity contribution in [2.45, 2.75) is 33.2 Å². The van der Waals surface area contributed by atoms with Crippen molar-refractivity contribution in [3.05, 3.63) is 18.1 Å². The molecule has 1 N–H and O–H groups in total. The highest BCUT2D eigenvalue weighted by molar-refractivity contribution is 5.35. The van der Waals surface area contributed by atoms with Crippen molar-refractivity contribution in [1.82, 2.24) is 19.8 Å². The number of nitrogens with zero attached hydrogens (tertiary/aromatic N) is 4. The first-order valence-electron chi connectivity index (χ1n) is 8.07. The normalized spacial score (nSPS) is 18.9. The van der Waals surface area contributed by atoms with Gasteiger partial charge in [-0.15, -0.1) is 0 Å². The van der Waals surface area contributed by atoms with Gasteiger partial charge in [0.2, 0.25) is 0 Å². The van der Waals surface area contributed by atoms with Gasteiger partial charge in [-0.2, -0.15) is 0 Å². The number of hydrogen-bond donors (Lipinski definition) is 1. The molecule has 1 unspecified atom stereocenters. The molecule has 21 heavy (non-hydrogen) atoms. The van der Waals surface area contributed by atoms with Gasteiger partial charge in [0.25, 0.3) is 0 Å². The van der Waals surface area contributed by atoms with Gasteiger partial charge in [-0.3, -0.25) is 4.90 Å². The molecule has 1 fully saturated rings. The van der Waals surface area contributed by atoms with Crippen LogP contribution < -0.4 is 5.32 Å². The first kappa shape index (κ1) is 16.2. The number of rotatable bonds is 6. The van der Waals surface area contributed by atoms with E-state index >= 15 is 0 Å². The maximum absolute atomic E-state index is 4.33. The first-order valence-corrected chi connectivity index (χ1v) is 8.07. The maximum Gasteiger partial charge on any atom is 0.129 e. The van der Waals surface area contributed by atoms with Crippen LogP contribution in [0.15, 0.2) is 12.4 Å². The summed E-state index contributed by atoms with van der Waals surface area (Å²) >= 11 is 0. The lowest BCUT2D eigenvalue weighted by molar-refractivity contribution is 0.0944. The first-order chi connectivity index (χ1) is 10.1. The fourth-order valence-corrected chi connectivity index (χ4v) is 2.84. The van der Waals surface area contributed by atoms with E-state index in [2.05, 4.69) is 59.0 Å². The Hall–Kier alpha value is -1.20. The molecule has 0 aromatic carbocycles. The van der Waals surface area contributed by atoms with Gasteiger partial charge in [0.1, 0.15) is 12.1 Å². The summed E-state index contributed by atoms with van der Waals surface area (Å²) in [5.41, 5.74) is 1.09. The molecule has 0 spiro atoms. The van der Waals surface area contributed by atoms with Crippen LogP contribution in [0.2, 0.25) is 0 Å². The average molecular weight is 291 g/mol. The van der Waals surface area contributed by atoms with Crippen molar-refractivity contribution in [1.29, 1.82) is 0 Å². The lowest BCUT2D eigenvalue weighted by Gasteiger charge is -2.40. The highest BCUT2D eigenvalue weighted by atomic mass is 15.3. The number of aryl methyl sites for hydroxylation is 1. The van der Waals surface area contributed by atoms with Gasteiger partial charge in [0.15, 0.2) is 0 Å². The maximum atomic E-state index is 4.33. The van der Waals surface area contributed by atoms with Crippen LogP contribution in [0.4, 0.5) is 5.82 Å². The summed E-state index contributed by atoms with van der Waals surface area (Å²) in [6.07, 6.45) is 2.60. The molecule has 1 aromatic rings. The topological polar surface area (TPSA) is 44.3 Å². The molecule has 0 saturated carbocycles. The van der Waals surface area contributed by atoms with Gasteiger partial charge in [-0.1, -0.05) is 20.8 Å². The minimum atomic E-state index is 0.554. The summed E-state index contributed by atoms with van der Waals surface area (Å²) in [7, 11) is 2.20. The van der Waals surface area contributed by atoms with Crippen LogP contribution in [0.1, 0.15) is 26.5 Å². The van der Waals surface area contributed by atoms with Crippen molar-refractivity contribution in [2.24, 2.45) is 5.92 Å². The molecular weight excluding hydrogens is 262 g/mol. The minimum Gasteiger partial charge on any atom is -0.368 e. The van der Waals surface area contributed by atoms with E-state index < -0.39 is 0 Å². The molecule has 0 bridgehead atoms. The third-order valence-electron chi connectivity index (χ3n) is 4.35. The van der Waals surface area contributed by atoms with Crippen LogP contribution in [-0.2, 0) is 6.42 Å². The van der Waals surface area contributed by atoms with Crippen molar-refractivity contribution in [3.8, 4) is 0 Å². The monoisotopic (exact) mass is 291 g/mol. The van der Waals surface area contributed by atoms with Crippen LogP contribution in [0.5, 0.6) is 0 Å². The van der Waals surface area contributed by atoms with E-state index in [1.165, 1.54) is 0 Å². The van der Waals surface area contributed by atoms with Crippen LogP contribution in [-0.4, -0.2) is 65.6 Å². The lowest BCUT2D eigenvalue weighted by Crippen LogP contribution is -2.52. The zero-order chi connectivity index (χ0) is 15.2. The SMILES string of the molecule is CCc1cc(NCC(C(C)C)N2CCN(C)CC2)ncn1. The van der Waals surface area contributed by atoms with Gasteiger partial charge in [0.05, 0.1) is 0 Å². The van der Waals surface area contributed by atoms with E-state index in [-0.39, 0.29) is 0 Å². The van der Waals surface area contributed by atoms with Crippen molar-refractivity contribution in [3.63, 3.8) is 0 Å². The van der Waals surface area contributed by atoms with E-state index in [0.717, 1.165) is 50.7 Å². The van der Waals surface area contributed by atoms with Gasteiger partial charge < -0.3 is 10.2 Å². The number of piperazine rings is 1. The molecule has 0 aliphatic carbocycles. The third kappa shape index (κ3) is 4.64. The number of likely N-dealkylation sites (N-methyl/N-ethyl adjacent to an activating group) is 1. The van der Waals surface area contributed by atoms with Gasteiger partial charge >= 0.3 is 0 Å². The molecule has 1 atom stereocenters. The summed E-state index contributed by atoms with van der Waals surface area (Å²) in [5, 5.41) is 3.50. The minimum absolute atomic E-state index is 0.554. The second kappa shape index (κ2) is 7.71. The Morgan fingerprint density at radius 1 is 1.19 bits per heavy atom. The number of hydrogen-bond acceptors (Lipinski definition) is 5. The number of nitrogens with one attached hydrogen (secondary N) is 1. The van der Waals surface area contributed by atoms with Gasteiger partial charge in [-0.05, 0) is 19.4 Å². The van der Waals surface area contributed by atoms with Crippen LogP contribution >= 0.6 is 0 Å². The quantitative estimate of drug-likeness (QED) is 0.864. The molecule has 0 radical (unpaired) electrons. The van der Waals surface area contributed by atoms with Gasteiger partial charge in [-0.25, -0.2) is 9.97 Å². The fourth-order valence-electron chi connectivity index (χ4n) is 2.84. The van der Waals surface area contributed by atoms with Crippen LogP contribution in [0.25, 0.3) is 0 Å². The number of aromatic nitrogens is 2. The molecule has 0 amide bonds. The summed E-state index contributed by atoms with van der Waals surface area (Å²) in [6, 6.07) is 2.61. The zero-order valence-corrected chi connectivity index (χ0v) is 13.8. The molecule has 2 heterocycles. The zero-order valence-electron chi connectivity index (χ0n) is 13.8. The van der Waals surface area contributed by atoms with E-state index in [1.807, 2.05) is 0 Å². The van der Waals surface area contributed by atoms with Crippen LogP contribution in [0.3, 0.4) is 0 Å². The van der Waals surface area contributed by atoms with Crippen molar-refractivity contribution in [2.75, 3.05) is 45.1 Å². The van der Waals surface area contributed by atoms with E-state index in [0.29, 0.717) is 12.0 Å². The molecule has 1 aromatic heterocycles. The third-order valence-corrected chi connectivity index (χ3v) is 4.35. The van der Waals surface area contributed by atoms with Crippen molar-refractivity contribution < 1.29 is 0 Å². The van der Waals surface area contributed by atoms with Gasteiger partial charge in [0, 0.05) is 50.5 Å². The Balaban J connectivity index is 1.93. The molecule has 1 saturated heterocycles. The second-order valence-corrected chi connectivity index (χ2v) is 6.28. The molecular formula is C16H29N5. The Morgan fingerprint density at radius 2 is 1.90 bits per heavy atom. The standard InChI is InChI=1S/C16H29N5/c1-5-14-10-16(19-12-18-14)17-11-15(13(2)3)21-8-6-20(4)7-9-21/h10,12-13,15H,5-9,11H2,1-4H3,(H,17,18,19). The Bertz CT molecular complexity index is 426. The highest BCUT2D eigenvalue weighted by Gasteiger charge is 2.24. The average Bonchev–Trinajstić information content (AvgIpc) is 2.49. The largest absolute Gasteiger partial charge is 0.368 e. The molecule has 5 nitrogen and oxygen atoms in total. The summed E-state index contributed by atoms with van der Waals surface area (Å²) in [6.45, 7) is 12.3. The number of anilines is 1. The molecule has 1 aliphatic rings. The fraction of sp³-hybridized carbons (Fsp3) is 0.750.